The minimum absolute atomic E-state index is 0. The fourth-order valence-corrected chi connectivity index (χ4v) is 3.48. The fraction of sp³-hybridized carbons (Fsp3) is 0.571. The molecule has 7 heteroatoms. The van der Waals surface area contributed by atoms with Crippen LogP contribution in [0.4, 0.5) is 0 Å². The van der Waals surface area contributed by atoms with Crippen molar-refractivity contribution in [3.05, 3.63) is 23.8 Å². The third kappa shape index (κ3) is 4.57. The van der Waals surface area contributed by atoms with E-state index in [-0.39, 0.29) is 36.0 Å². The van der Waals surface area contributed by atoms with Gasteiger partial charge in [0.15, 0.2) is 0 Å². The van der Waals surface area contributed by atoms with Crippen molar-refractivity contribution in [1.82, 2.24) is 4.72 Å². The van der Waals surface area contributed by atoms with Crippen LogP contribution in [0.2, 0.25) is 0 Å². The highest BCUT2D eigenvalue weighted by atomic mass is 35.5. The van der Waals surface area contributed by atoms with E-state index in [1.165, 1.54) is 0 Å². The molecule has 0 bridgehead atoms. The van der Waals surface area contributed by atoms with Gasteiger partial charge in [-0.15, -0.1) is 12.4 Å². The number of sulfonamides is 1. The lowest BCUT2D eigenvalue weighted by Crippen LogP contribution is -2.37. The van der Waals surface area contributed by atoms with Crippen LogP contribution in [0.25, 0.3) is 0 Å². The van der Waals surface area contributed by atoms with Gasteiger partial charge in [-0.25, -0.2) is 13.1 Å². The van der Waals surface area contributed by atoms with E-state index in [1.807, 2.05) is 13.8 Å². The number of rotatable bonds is 6. The van der Waals surface area contributed by atoms with Crippen LogP contribution in [0.15, 0.2) is 23.1 Å². The highest BCUT2D eigenvalue weighted by Gasteiger charge is 2.22. The molecule has 2 unspecified atom stereocenters. The third-order valence-electron chi connectivity index (χ3n) is 3.37. The fourth-order valence-electron chi connectivity index (χ4n) is 2.34. The van der Waals surface area contributed by atoms with E-state index >= 15 is 0 Å². The summed E-state index contributed by atoms with van der Waals surface area (Å²) in [5, 5.41) is 0. The molecule has 0 spiro atoms. The number of fused-ring (bicyclic) bond motifs is 1. The molecule has 2 rings (SSSR count). The van der Waals surface area contributed by atoms with Gasteiger partial charge in [0.25, 0.3) is 0 Å². The molecule has 0 aliphatic carbocycles. The monoisotopic (exact) mass is 334 g/mol. The molecular weight excluding hydrogens is 312 g/mol. The largest absolute Gasteiger partial charge is 0.490 e. The summed E-state index contributed by atoms with van der Waals surface area (Å²) in [6.45, 7) is 4.26. The van der Waals surface area contributed by atoms with Gasteiger partial charge in [0, 0.05) is 19.0 Å². The summed E-state index contributed by atoms with van der Waals surface area (Å²) < 4.78 is 32.6. The van der Waals surface area contributed by atoms with Gasteiger partial charge in [-0.1, -0.05) is 13.3 Å². The lowest BCUT2D eigenvalue weighted by molar-refractivity contribution is 0.254. The zero-order valence-electron chi connectivity index (χ0n) is 12.3. The minimum Gasteiger partial charge on any atom is -0.490 e. The molecule has 0 saturated carbocycles. The van der Waals surface area contributed by atoms with Gasteiger partial charge in [0.1, 0.15) is 11.9 Å². The molecule has 0 aromatic heterocycles. The highest BCUT2D eigenvalue weighted by Crippen LogP contribution is 2.30. The van der Waals surface area contributed by atoms with Crippen LogP contribution in [0.1, 0.15) is 32.3 Å². The van der Waals surface area contributed by atoms with E-state index in [1.54, 1.807) is 18.2 Å². The van der Waals surface area contributed by atoms with Crippen molar-refractivity contribution in [2.75, 3.05) is 6.54 Å². The summed E-state index contributed by atoms with van der Waals surface area (Å²) in [6.07, 6.45) is 2.59. The Labute approximate surface area is 132 Å². The van der Waals surface area contributed by atoms with Crippen LogP contribution in [0, 0.1) is 0 Å². The van der Waals surface area contributed by atoms with Gasteiger partial charge in [-0.2, -0.15) is 0 Å². The zero-order valence-corrected chi connectivity index (χ0v) is 14.0. The van der Waals surface area contributed by atoms with Gasteiger partial charge >= 0.3 is 0 Å². The van der Waals surface area contributed by atoms with Gasteiger partial charge in [0.2, 0.25) is 10.0 Å². The first-order valence-electron chi connectivity index (χ1n) is 6.97. The molecule has 1 aromatic rings. The van der Waals surface area contributed by atoms with Crippen LogP contribution < -0.4 is 15.2 Å². The molecular formula is C14H23ClN2O3S. The second-order valence-corrected chi connectivity index (χ2v) is 7.07. The summed E-state index contributed by atoms with van der Waals surface area (Å²) in [6, 6.07) is 4.84. The second kappa shape index (κ2) is 7.45. The Kier molecular flexibility index (Phi) is 6.46. The Balaban J connectivity index is 0.00000220. The predicted molar refractivity (Wildman–Crippen MR) is 85.6 cm³/mol. The summed E-state index contributed by atoms with van der Waals surface area (Å²) >= 11 is 0. The first kappa shape index (κ1) is 18.2. The van der Waals surface area contributed by atoms with Gasteiger partial charge in [-0.05, 0) is 37.1 Å². The lowest BCUT2D eigenvalue weighted by atomic mass is 10.1. The van der Waals surface area contributed by atoms with E-state index in [0.717, 1.165) is 30.6 Å². The SMILES string of the molecule is CCCC(N)CNS(=O)(=O)c1ccc2c(c1)CC(C)O2.Cl. The Morgan fingerprint density at radius 1 is 1.48 bits per heavy atom. The first-order chi connectivity index (χ1) is 9.42. The van der Waals surface area contributed by atoms with Crippen molar-refractivity contribution in [3.63, 3.8) is 0 Å². The number of halogens is 1. The molecule has 2 atom stereocenters. The third-order valence-corrected chi connectivity index (χ3v) is 4.79. The molecule has 1 aliphatic rings. The number of hydrogen-bond donors (Lipinski definition) is 2. The minimum atomic E-state index is -3.50. The molecule has 5 nitrogen and oxygen atoms in total. The smallest absolute Gasteiger partial charge is 0.240 e. The Morgan fingerprint density at radius 2 is 2.19 bits per heavy atom. The maximum atomic E-state index is 12.2. The van der Waals surface area contributed by atoms with E-state index in [9.17, 15) is 8.42 Å². The highest BCUT2D eigenvalue weighted by molar-refractivity contribution is 7.89. The molecule has 0 amide bonds. The van der Waals surface area contributed by atoms with Crippen molar-refractivity contribution in [3.8, 4) is 5.75 Å². The van der Waals surface area contributed by atoms with E-state index < -0.39 is 10.0 Å². The summed E-state index contributed by atoms with van der Waals surface area (Å²) in [7, 11) is -3.50. The molecule has 0 fully saturated rings. The van der Waals surface area contributed by atoms with E-state index in [0.29, 0.717) is 0 Å². The number of benzene rings is 1. The lowest BCUT2D eigenvalue weighted by Gasteiger charge is -2.12. The average Bonchev–Trinajstić information content (AvgIpc) is 2.76. The van der Waals surface area contributed by atoms with E-state index in [4.69, 9.17) is 10.5 Å². The normalized spacial score (nSPS) is 18.5. The van der Waals surface area contributed by atoms with Crippen molar-refractivity contribution in [1.29, 1.82) is 0 Å². The Morgan fingerprint density at radius 3 is 2.86 bits per heavy atom. The van der Waals surface area contributed by atoms with Crippen LogP contribution >= 0.6 is 12.4 Å². The van der Waals surface area contributed by atoms with Gasteiger partial charge < -0.3 is 10.5 Å². The quantitative estimate of drug-likeness (QED) is 0.831. The second-order valence-electron chi connectivity index (χ2n) is 5.30. The number of ether oxygens (including phenoxy) is 1. The van der Waals surface area contributed by atoms with Crippen LogP contribution in [-0.2, 0) is 16.4 Å². The van der Waals surface area contributed by atoms with Gasteiger partial charge in [0.05, 0.1) is 4.90 Å². The molecule has 3 N–H and O–H groups in total. The standard InChI is InChI=1S/C14H22N2O3S.ClH/c1-3-4-12(15)9-16-20(17,18)13-5-6-14-11(8-13)7-10(2)19-14;/h5-6,8,10,12,16H,3-4,7,9,15H2,1-2H3;1H. The molecule has 0 saturated heterocycles. The number of nitrogens with two attached hydrogens (primary N) is 1. The average molecular weight is 335 g/mol. The Bertz CT molecular complexity index is 578. The summed E-state index contributed by atoms with van der Waals surface area (Å²) in [5.74, 6) is 0.777. The molecule has 21 heavy (non-hydrogen) atoms. The maximum absolute atomic E-state index is 12.2. The van der Waals surface area contributed by atoms with Crippen LogP contribution in [-0.4, -0.2) is 27.1 Å². The summed E-state index contributed by atoms with van der Waals surface area (Å²) in [5.41, 5.74) is 6.77. The number of nitrogens with one attached hydrogen (secondary N) is 1. The van der Waals surface area contributed by atoms with Crippen molar-refractivity contribution < 1.29 is 13.2 Å². The molecule has 1 aliphatic heterocycles. The van der Waals surface area contributed by atoms with E-state index in [2.05, 4.69) is 4.72 Å². The molecule has 1 heterocycles. The van der Waals surface area contributed by atoms with Crippen molar-refractivity contribution >= 4 is 22.4 Å². The van der Waals surface area contributed by atoms with Crippen molar-refractivity contribution in [2.24, 2.45) is 5.73 Å². The van der Waals surface area contributed by atoms with Crippen molar-refractivity contribution in [2.45, 2.75) is 50.2 Å². The maximum Gasteiger partial charge on any atom is 0.240 e. The molecule has 120 valence electrons. The molecule has 1 aromatic carbocycles. The number of hydrogen-bond acceptors (Lipinski definition) is 4. The van der Waals surface area contributed by atoms with Crippen LogP contribution in [0.3, 0.4) is 0 Å². The van der Waals surface area contributed by atoms with Gasteiger partial charge in [-0.3, -0.25) is 0 Å². The molecule has 0 radical (unpaired) electrons. The van der Waals surface area contributed by atoms with Crippen LogP contribution in [0.5, 0.6) is 5.75 Å². The summed E-state index contributed by atoms with van der Waals surface area (Å²) in [4.78, 5) is 0.276. The first-order valence-corrected chi connectivity index (χ1v) is 8.45. The Hall–Kier alpha value is -0.820. The predicted octanol–water partition coefficient (Wildman–Crippen LogP) is 1.84. The zero-order chi connectivity index (χ0) is 14.8. The topological polar surface area (TPSA) is 81.4 Å².